The van der Waals surface area contributed by atoms with Gasteiger partial charge < -0.3 is 15.0 Å². The van der Waals surface area contributed by atoms with E-state index >= 15 is 0 Å². The fraction of sp³-hybridized carbons (Fsp3) is 0.538. The van der Waals surface area contributed by atoms with Gasteiger partial charge in [-0.2, -0.15) is 0 Å². The molecule has 0 unspecified atom stereocenters. The Morgan fingerprint density at radius 2 is 2.00 bits per heavy atom. The van der Waals surface area contributed by atoms with Gasteiger partial charge in [0.2, 0.25) is 0 Å². The van der Waals surface area contributed by atoms with Gasteiger partial charge >= 0.3 is 0 Å². The SMILES string of the molecule is c1cc2c(cc1N1CCOCC1)CNCC2. The van der Waals surface area contributed by atoms with E-state index in [1.165, 1.54) is 23.2 Å². The first kappa shape index (κ1) is 10.1. The first-order chi connectivity index (χ1) is 7.93. The zero-order valence-electron chi connectivity index (χ0n) is 9.54. The van der Waals surface area contributed by atoms with Crippen molar-refractivity contribution in [3.05, 3.63) is 29.3 Å². The van der Waals surface area contributed by atoms with Crippen LogP contribution in [0, 0.1) is 0 Å². The van der Waals surface area contributed by atoms with Crippen LogP contribution >= 0.6 is 0 Å². The molecule has 0 radical (unpaired) electrons. The van der Waals surface area contributed by atoms with E-state index in [-0.39, 0.29) is 0 Å². The van der Waals surface area contributed by atoms with Crippen LogP contribution in [0.3, 0.4) is 0 Å². The van der Waals surface area contributed by atoms with Crippen molar-refractivity contribution in [2.75, 3.05) is 37.7 Å². The van der Waals surface area contributed by atoms with Crippen molar-refractivity contribution in [2.24, 2.45) is 0 Å². The number of benzene rings is 1. The van der Waals surface area contributed by atoms with Crippen LogP contribution in [-0.4, -0.2) is 32.8 Å². The highest BCUT2D eigenvalue weighted by molar-refractivity contribution is 5.51. The van der Waals surface area contributed by atoms with Gasteiger partial charge in [-0.3, -0.25) is 0 Å². The molecule has 0 bridgehead atoms. The minimum Gasteiger partial charge on any atom is -0.378 e. The smallest absolute Gasteiger partial charge is 0.0642 e. The highest BCUT2D eigenvalue weighted by atomic mass is 16.5. The summed E-state index contributed by atoms with van der Waals surface area (Å²) in [6.45, 7) is 5.89. The van der Waals surface area contributed by atoms with Crippen molar-refractivity contribution in [1.82, 2.24) is 5.32 Å². The lowest BCUT2D eigenvalue weighted by molar-refractivity contribution is 0.122. The van der Waals surface area contributed by atoms with E-state index in [4.69, 9.17) is 4.74 Å². The van der Waals surface area contributed by atoms with Gasteiger partial charge in [-0.25, -0.2) is 0 Å². The van der Waals surface area contributed by atoms with Gasteiger partial charge in [-0.15, -0.1) is 0 Å². The third-order valence-electron chi connectivity index (χ3n) is 3.45. The summed E-state index contributed by atoms with van der Waals surface area (Å²) in [6, 6.07) is 6.89. The van der Waals surface area contributed by atoms with Crippen molar-refractivity contribution in [1.29, 1.82) is 0 Å². The van der Waals surface area contributed by atoms with Crippen LogP contribution in [0.1, 0.15) is 11.1 Å². The molecule has 86 valence electrons. The summed E-state index contributed by atoms with van der Waals surface area (Å²) in [5.74, 6) is 0. The standard InChI is InChI=1S/C13H18N2O/c1-2-13(15-5-7-16-8-6-15)9-12-10-14-4-3-11(1)12/h1-2,9,14H,3-8,10H2. The Balaban J connectivity index is 1.84. The van der Waals surface area contributed by atoms with Crippen LogP contribution in [0.5, 0.6) is 0 Å². The molecule has 1 N–H and O–H groups in total. The zero-order valence-corrected chi connectivity index (χ0v) is 9.54. The summed E-state index contributed by atoms with van der Waals surface area (Å²) in [5.41, 5.74) is 4.33. The summed E-state index contributed by atoms with van der Waals surface area (Å²) in [4.78, 5) is 2.42. The van der Waals surface area contributed by atoms with Gasteiger partial charge in [0.05, 0.1) is 13.2 Å². The van der Waals surface area contributed by atoms with Gasteiger partial charge in [-0.1, -0.05) is 6.07 Å². The van der Waals surface area contributed by atoms with E-state index in [0.717, 1.165) is 39.4 Å². The molecule has 1 aromatic carbocycles. The van der Waals surface area contributed by atoms with Crippen LogP contribution in [0.15, 0.2) is 18.2 Å². The topological polar surface area (TPSA) is 24.5 Å². The number of hydrogen-bond acceptors (Lipinski definition) is 3. The molecule has 2 heterocycles. The minimum absolute atomic E-state index is 0.856. The number of morpholine rings is 1. The molecule has 3 nitrogen and oxygen atoms in total. The van der Waals surface area contributed by atoms with E-state index in [1.54, 1.807) is 0 Å². The lowest BCUT2D eigenvalue weighted by atomic mass is 10.00. The summed E-state index contributed by atoms with van der Waals surface area (Å²) in [5, 5.41) is 3.43. The summed E-state index contributed by atoms with van der Waals surface area (Å²) in [6.07, 6.45) is 1.17. The first-order valence-corrected chi connectivity index (χ1v) is 6.09. The Morgan fingerprint density at radius 3 is 2.88 bits per heavy atom. The molecule has 0 aliphatic carbocycles. The molecule has 0 spiro atoms. The van der Waals surface area contributed by atoms with Gasteiger partial charge in [0, 0.05) is 25.3 Å². The summed E-state index contributed by atoms with van der Waals surface area (Å²) < 4.78 is 5.38. The van der Waals surface area contributed by atoms with E-state index in [0.29, 0.717) is 0 Å². The Labute approximate surface area is 96.4 Å². The summed E-state index contributed by atoms with van der Waals surface area (Å²) in [7, 11) is 0. The average Bonchev–Trinajstić information content (AvgIpc) is 2.39. The lowest BCUT2D eigenvalue weighted by Crippen LogP contribution is -2.36. The molecule has 3 heteroatoms. The Morgan fingerprint density at radius 1 is 1.12 bits per heavy atom. The fourth-order valence-electron chi connectivity index (χ4n) is 2.49. The van der Waals surface area contributed by atoms with Crippen molar-refractivity contribution in [3.8, 4) is 0 Å². The molecule has 0 saturated carbocycles. The number of nitrogens with one attached hydrogen (secondary N) is 1. The maximum atomic E-state index is 5.38. The first-order valence-electron chi connectivity index (χ1n) is 6.09. The van der Waals surface area contributed by atoms with E-state index < -0.39 is 0 Å². The Kier molecular flexibility index (Phi) is 2.80. The molecule has 1 fully saturated rings. The molecular weight excluding hydrogens is 200 g/mol. The fourth-order valence-corrected chi connectivity index (χ4v) is 2.49. The third-order valence-corrected chi connectivity index (χ3v) is 3.45. The molecule has 0 atom stereocenters. The van der Waals surface area contributed by atoms with Crippen LogP contribution in [0.25, 0.3) is 0 Å². The third kappa shape index (κ3) is 1.93. The maximum Gasteiger partial charge on any atom is 0.0642 e. The zero-order chi connectivity index (χ0) is 10.8. The van der Waals surface area contributed by atoms with Gasteiger partial charge in [0.25, 0.3) is 0 Å². The minimum atomic E-state index is 0.856. The quantitative estimate of drug-likeness (QED) is 0.766. The molecule has 0 aromatic heterocycles. The summed E-state index contributed by atoms with van der Waals surface area (Å²) >= 11 is 0. The number of rotatable bonds is 1. The molecule has 2 aliphatic heterocycles. The van der Waals surface area contributed by atoms with Crippen LogP contribution < -0.4 is 10.2 Å². The monoisotopic (exact) mass is 218 g/mol. The Hall–Kier alpha value is -1.06. The molecule has 1 aromatic rings. The lowest BCUT2D eigenvalue weighted by Gasteiger charge is -2.30. The predicted molar refractivity (Wildman–Crippen MR) is 64.9 cm³/mol. The van der Waals surface area contributed by atoms with Crippen LogP contribution in [0.2, 0.25) is 0 Å². The normalized spacial score (nSPS) is 20.6. The van der Waals surface area contributed by atoms with Crippen molar-refractivity contribution >= 4 is 5.69 Å². The second kappa shape index (κ2) is 4.44. The molecule has 1 saturated heterocycles. The maximum absolute atomic E-state index is 5.38. The van der Waals surface area contributed by atoms with Crippen LogP contribution in [-0.2, 0) is 17.7 Å². The largest absolute Gasteiger partial charge is 0.378 e. The number of fused-ring (bicyclic) bond motifs is 1. The second-order valence-electron chi connectivity index (χ2n) is 4.48. The molecular formula is C13H18N2O. The van der Waals surface area contributed by atoms with E-state index in [9.17, 15) is 0 Å². The molecule has 3 rings (SSSR count). The number of hydrogen-bond donors (Lipinski definition) is 1. The van der Waals surface area contributed by atoms with Gasteiger partial charge in [0.1, 0.15) is 0 Å². The number of anilines is 1. The molecule has 0 amide bonds. The average molecular weight is 218 g/mol. The molecule has 2 aliphatic rings. The van der Waals surface area contributed by atoms with Gasteiger partial charge in [-0.05, 0) is 36.2 Å². The van der Waals surface area contributed by atoms with E-state index in [2.05, 4.69) is 28.4 Å². The highest BCUT2D eigenvalue weighted by Gasteiger charge is 2.14. The number of nitrogens with zero attached hydrogens (tertiary/aromatic N) is 1. The second-order valence-corrected chi connectivity index (χ2v) is 4.48. The predicted octanol–water partition coefficient (Wildman–Crippen LogP) is 1.17. The van der Waals surface area contributed by atoms with Crippen LogP contribution in [0.4, 0.5) is 5.69 Å². The van der Waals surface area contributed by atoms with Crippen molar-refractivity contribution in [2.45, 2.75) is 13.0 Å². The van der Waals surface area contributed by atoms with E-state index in [1.807, 2.05) is 0 Å². The van der Waals surface area contributed by atoms with Gasteiger partial charge in [0.15, 0.2) is 0 Å². The Bertz CT molecular complexity index is 372. The highest BCUT2D eigenvalue weighted by Crippen LogP contribution is 2.22. The number of ether oxygens (including phenoxy) is 1. The molecule has 16 heavy (non-hydrogen) atoms. The van der Waals surface area contributed by atoms with Crippen molar-refractivity contribution < 1.29 is 4.74 Å². The van der Waals surface area contributed by atoms with Crippen molar-refractivity contribution in [3.63, 3.8) is 0 Å².